The summed E-state index contributed by atoms with van der Waals surface area (Å²) in [6.07, 6.45) is 0.158. The highest BCUT2D eigenvalue weighted by Crippen LogP contribution is 2.33. The number of carbonyl (C=O) groups is 1. The fourth-order valence-electron chi connectivity index (χ4n) is 2.57. The average Bonchev–Trinajstić information content (AvgIpc) is 2.38. The van der Waals surface area contributed by atoms with E-state index in [1.165, 1.54) is 0 Å². The average molecular weight is 281 g/mol. The quantitative estimate of drug-likeness (QED) is 0.887. The molecule has 0 saturated carbocycles. The van der Waals surface area contributed by atoms with Crippen LogP contribution in [0.1, 0.15) is 24.9 Å². The van der Waals surface area contributed by atoms with Crippen molar-refractivity contribution in [1.29, 1.82) is 0 Å². The Hall–Kier alpha value is -1.20. The third-order valence-corrected chi connectivity index (χ3v) is 4.66. The van der Waals surface area contributed by atoms with Gasteiger partial charge < -0.3 is 10.2 Å². The van der Waals surface area contributed by atoms with Crippen molar-refractivity contribution < 1.29 is 15.0 Å². The predicted molar refractivity (Wildman–Crippen MR) is 76.6 cm³/mol. The van der Waals surface area contributed by atoms with E-state index < -0.39 is 5.97 Å². The molecule has 19 heavy (non-hydrogen) atoms. The fourth-order valence-corrected chi connectivity index (χ4v) is 3.66. The van der Waals surface area contributed by atoms with Crippen LogP contribution >= 0.6 is 11.8 Å². The predicted octanol–water partition coefficient (Wildman–Crippen LogP) is 2.35. The summed E-state index contributed by atoms with van der Waals surface area (Å²) >= 11 is 1.80. The molecule has 2 N–H and O–H groups in total. The van der Waals surface area contributed by atoms with E-state index in [1.54, 1.807) is 23.9 Å². The van der Waals surface area contributed by atoms with Gasteiger partial charge in [-0.1, -0.05) is 18.2 Å². The van der Waals surface area contributed by atoms with Crippen molar-refractivity contribution in [1.82, 2.24) is 4.90 Å². The molecule has 1 aliphatic rings. The van der Waals surface area contributed by atoms with Crippen LogP contribution in [0.3, 0.4) is 0 Å². The van der Waals surface area contributed by atoms with Crippen molar-refractivity contribution in [2.45, 2.75) is 25.4 Å². The summed E-state index contributed by atoms with van der Waals surface area (Å²) in [6.45, 7) is 2.89. The van der Waals surface area contributed by atoms with Gasteiger partial charge in [0.25, 0.3) is 0 Å². The van der Waals surface area contributed by atoms with Crippen LogP contribution in [-0.4, -0.2) is 45.2 Å². The molecule has 0 radical (unpaired) electrons. The number of rotatable bonds is 4. The maximum atomic E-state index is 11.0. The number of hydrogen-bond donors (Lipinski definition) is 2. The van der Waals surface area contributed by atoms with Crippen molar-refractivity contribution in [3.8, 4) is 5.75 Å². The molecule has 104 valence electrons. The first-order chi connectivity index (χ1) is 9.09. The molecule has 0 aliphatic carbocycles. The standard InChI is InChI=1S/C14H19NO3S/c1-10(12-4-2-3-5-13(12)16)15-6-7-19-9-11(15)8-14(17)18/h2-5,10-11,16H,6-9H2,1H3,(H,17,18). The number of nitrogens with zero attached hydrogens (tertiary/aromatic N) is 1. The second kappa shape index (κ2) is 6.30. The third-order valence-electron chi connectivity index (χ3n) is 3.57. The van der Waals surface area contributed by atoms with E-state index in [0.717, 1.165) is 23.6 Å². The smallest absolute Gasteiger partial charge is 0.304 e. The van der Waals surface area contributed by atoms with Gasteiger partial charge in [0.1, 0.15) is 5.75 Å². The van der Waals surface area contributed by atoms with Crippen molar-refractivity contribution in [2.24, 2.45) is 0 Å². The van der Waals surface area contributed by atoms with E-state index in [0.29, 0.717) is 0 Å². The van der Waals surface area contributed by atoms with Gasteiger partial charge in [0.15, 0.2) is 0 Å². The van der Waals surface area contributed by atoms with Crippen molar-refractivity contribution in [3.63, 3.8) is 0 Å². The highest BCUT2D eigenvalue weighted by Gasteiger charge is 2.30. The molecule has 5 heteroatoms. The Kier molecular flexibility index (Phi) is 4.71. The summed E-state index contributed by atoms with van der Waals surface area (Å²) in [7, 11) is 0. The topological polar surface area (TPSA) is 60.8 Å². The van der Waals surface area contributed by atoms with Crippen LogP contribution in [0.15, 0.2) is 24.3 Å². The summed E-state index contributed by atoms with van der Waals surface area (Å²) in [4.78, 5) is 13.1. The second-order valence-electron chi connectivity index (χ2n) is 4.80. The van der Waals surface area contributed by atoms with Gasteiger partial charge in [-0.3, -0.25) is 9.69 Å². The van der Waals surface area contributed by atoms with Crippen LogP contribution in [0.4, 0.5) is 0 Å². The minimum absolute atomic E-state index is 0.0332. The molecule has 1 saturated heterocycles. The molecule has 0 spiro atoms. The van der Waals surface area contributed by atoms with E-state index in [2.05, 4.69) is 4.90 Å². The monoisotopic (exact) mass is 281 g/mol. The largest absolute Gasteiger partial charge is 0.508 e. The van der Waals surface area contributed by atoms with E-state index in [1.807, 2.05) is 19.1 Å². The fraction of sp³-hybridized carbons (Fsp3) is 0.500. The van der Waals surface area contributed by atoms with Gasteiger partial charge in [-0.15, -0.1) is 0 Å². The number of benzene rings is 1. The minimum Gasteiger partial charge on any atom is -0.508 e. The molecule has 2 unspecified atom stereocenters. The Morgan fingerprint density at radius 2 is 2.26 bits per heavy atom. The number of aromatic hydroxyl groups is 1. The SMILES string of the molecule is CC(c1ccccc1O)N1CCSCC1CC(=O)O. The molecule has 4 nitrogen and oxygen atoms in total. The number of hydrogen-bond acceptors (Lipinski definition) is 4. The zero-order valence-electron chi connectivity index (χ0n) is 11.0. The lowest BCUT2D eigenvalue weighted by Gasteiger charge is -2.39. The zero-order chi connectivity index (χ0) is 13.8. The lowest BCUT2D eigenvalue weighted by molar-refractivity contribution is -0.138. The molecule has 1 aliphatic heterocycles. The van der Waals surface area contributed by atoms with Crippen LogP contribution in [0.2, 0.25) is 0 Å². The van der Waals surface area contributed by atoms with Crippen molar-refractivity contribution >= 4 is 17.7 Å². The highest BCUT2D eigenvalue weighted by molar-refractivity contribution is 7.99. The van der Waals surface area contributed by atoms with E-state index in [4.69, 9.17) is 5.11 Å². The third kappa shape index (κ3) is 3.42. The number of phenolic OH excluding ortho intramolecular Hbond substituents is 1. The summed E-state index contributed by atoms with van der Waals surface area (Å²) in [5.41, 5.74) is 0.866. The summed E-state index contributed by atoms with van der Waals surface area (Å²) in [5, 5.41) is 18.9. The van der Waals surface area contributed by atoms with Gasteiger partial charge >= 0.3 is 5.97 Å². The van der Waals surface area contributed by atoms with Gasteiger partial charge in [-0.05, 0) is 13.0 Å². The van der Waals surface area contributed by atoms with Gasteiger partial charge in [-0.2, -0.15) is 11.8 Å². The summed E-state index contributed by atoms with van der Waals surface area (Å²) < 4.78 is 0. The maximum absolute atomic E-state index is 11.0. The Bertz CT molecular complexity index is 452. The number of thioether (sulfide) groups is 1. The summed E-state index contributed by atoms with van der Waals surface area (Å²) in [6, 6.07) is 7.34. The second-order valence-corrected chi connectivity index (χ2v) is 5.95. The first-order valence-corrected chi connectivity index (χ1v) is 7.58. The van der Waals surface area contributed by atoms with Crippen LogP contribution in [-0.2, 0) is 4.79 Å². The lowest BCUT2D eigenvalue weighted by atomic mass is 10.0. The zero-order valence-corrected chi connectivity index (χ0v) is 11.8. The lowest BCUT2D eigenvalue weighted by Crippen LogP contribution is -2.44. The van der Waals surface area contributed by atoms with Crippen LogP contribution < -0.4 is 0 Å². The molecule has 2 atom stereocenters. The molecule has 1 fully saturated rings. The van der Waals surface area contributed by atoms with Gasteiger partial charge in [0, 0.05) is 35.7 Å². The van der Waals surface area contributed by atoms with Gasteiger partial charge in [-0.25, -0.2) is 0 Å². The van der Waals surface area contributed by atoms with E-state index in [9.17, 15) is 9.90 Å². The van der Waals surface area contributed by atoms with Crippen LogP contribution in [0, 0.1) is 0 Å². The number of phenols is 1. The molecule has 0 aromatic heterocycles. The molecule has 1 heterocycles. The number of para-hydroxylation sites is 1. The normalized spacial score (nSPS) is 22.1. The van der Waals surface area contributed by atoms with Crippen molar-refractivity contribution in [2.75, 3.05) is 18.1 Å². The summed E-state index contributed by atoms with van der Waals surface area (Å²) in [5.74, 6) is 1.36. The molecular formula is C14H19NO3S. The van der Waals surface area contributed by atoms with E-state index >= 15 is 0 Å². The first-order valence-electron chi connectivity index (χ1n) is 6.42. The Morgan fingerprint density at radius 3 is 2.95 bits per heavy atom. The number of carboxylic acids is 1. The van der Waals surface area contributed by atoms with Gasteiger partial charge in [0.2, 0.25) is 0 Å². The molecule has 0 bridgehead atoms. The molecule has 2 rings (SSSR count). The highest BCUT2D eigenvalue weighted by atomic mass is 32.2. The van der Waals surface area contributed by atoms with Crippen molar-refractivity contribution in [3.05, 3.63) is 29.8 Å². The van der Waals surface area contributed by atoms with Gasteiger partial charge in [0.05, 0.1) is 6.42 Å². The maximum Gasteiger partial charge on any atom is 0.304 e. The molecule has 1 aromatic rings. The first kappa shape index (κ1) is 14.2. The number of carboxylic acid groups (broad SMARTS) is 1. The van der Waals surface area contributed by atoms with Crippen LogP contribution in [0.5, 0.6) is 5.75 Å². The van der Waals surface area contributed by atoms with E-state index in [-0.39, 0.29) is 24.3 Å². The Balaban J connectivity index is 2.17. The van der Waals surface area contributed by atoms with Crippen LogP contribution in [0.25, 0.3) is 0 Å². The Morgan fingerprint density at radius 1 is 1.53 bits per heavy atom. The molecular weight excluding hydrogens is 262 g/mol. The molecule has 1 aromatic carbocycles. The minimum atomic E-state index is -0.762. The Labute approximate surface area is 117 Å². The molecule has 0 amide bonds. The number of aliphatic carboxylic acids is 1.